The van der Waals surface area contributed by atoms with Crippen LogP contribution in [0.5, 0.6) is 0 Å². The maximum Gasteiger partial charge on any atom is 0.471 e. The van der Waals surface area contributed by atoms with Gasteiger partial charge in [0.1, 0.15) is 78.8 Å². The molecule has 4 rings (SSSR count). The van der Waals surface area contributed by atoms with E-state index in [1.165, 1.54) is 20.8 Å². The van der Waals surface area contributed by atoms with Crippen LogP contribution in [0.2, 0.25) is 0 Å². The fraction of sp³-hybridized carbons (Fsp3) is 0.864. The van der Waals surface area contributed by atoms with Gasteiger partial charge in [0.15, 0.2) is 18.9 Å². The molecule has 43 nitrogen and oxygen atoms in total. The molecule has 0 radical (unpaired) electrons. The third-order valence-electron chi connectivity index (χ3n) is 21.4. The zero-order valence-electron chi connectivity index (χ0n) is 73.3. The van der Waals surface area contributed by atoms with Crippen LogP contribution in [-0.4, -0.2) is 357 Å². The monoisotopic (exact) mass is 1820 g/mol. The summed E-state index contributed by atoms with van der Waals surface area (Å²) in [6, 6.07) is -3.62. The molecule has 19 N–H and O–H groups in total. The van der Waals surface area contributed by atoms with Crippen LogP contribution in [0.4, 0.5) is 0 Å². The molecule has 0 spiro atoms. The zero-order chi connectivity index (χ0) is 92.1. The Morgan fingerprint density at radius 1 is 0.408 bits per heavy atom. The van der Waals surface area contributed by atoms with Crippen molar-refractivity contribution < 1.29 is 160 Å². The third-order valence-corrected chi connectivity index (χ3v) is 22.3. The third kappa shape index (κ3) is 45.2. The number of phosphoric acid groups is 1. The normalized spacial score (nSPS) is 25.3. The van der Waals surface area contributed by atoms with Gasteiger partial charge in [0, 0.05) is 157 Å². The molecule has 16 unspecified atom stereocenters. The lowest BCUT2D eigenvalue weighted by Crippen LogP contribution is -2.64. The highest BCUT2D eigenvalue weighted by Gasteiger charge is 2.48. The average Bonchev–Trinajstić information content (AvgIpc) is 1.57. The Balaban J connectivity index is 1.31. The molecule has 0 bridgehead atoms. The molecule has 4 saturated heterocycles. The molecule has 722 valence electrons. The Kier molecular flexibility index (Phi) is 55.9. The molecule has 0 aliphatic carbocycles. The number of carbonyl (C=O) groups excluding carboxylic acids is 11. The topological polar surface area (TPSA) is 620 Å². The lowest BCUT2D eigenvalue weighted by Gasteiger charge is -2.42. The molecule has 4 fully saturated rings. The number of amides is 10. The molecule has 4 aliphatic rings. The predicted octanol–water partition coefficient (Wildman–Crippen LogP) is -2.69. The molecule has 18 atom stereocenters. The summed E-state index contributed by atoms with van der Waals surface area (Å²) in [6.45, 7) is 5.13. The molecular formula is C81H145N10O33P. The van der Waals surface area contributed by atoms with Crippen LogP contribution in [0, 0.1) is 11.3 Å². The van der Waals surface area contributed by atoms with Gasteiger partial charge < -0.3 is 146 Å². The van der Waals surface area contributed by atoms with Gasteiger partial charge in [-0.15, -0.1) is 0 Å². The molecule has 4 aliphatic heterocycles. The van der Waals surface area contributed by atoms with E-state index in [1.807, 2.05) is 6.92 Å². The number of ketones is 1. The first-order valence-corrected chi connectivity index (χ1v) is 45.5. The smallest absolute Gasteiger partial charge is 0.394 e. The molecule has 0 saturated carbocycles. The van der Waals surface area contributed by atoms with Crippen molar-refractivity contribution >= 4 is 72.7 Å². The van der Waals surface area contributed by atoms with Crippen molar-refractivity contribution in [2.75, 3.05) is 139 Å². The number of ether oxygens (including phenoxy) is 9. The van der Waals surface area contributed by atoms with Gasteiger partial charge >= 0.3 is 7.82 Å². The van der Waals surface area contributed by atoms with Crippen molar-refractivity contribution in [3.8, 4) is 0 Å². The maximum atomic E-state index is 14.2. The van der Waals surface area contributed by atoms with E-state index >= 15 is 0 Å². The molecule has 125 heavy (non-hydrogen) atoms. The van der Waals surface area contributed by atoms with E-state index in [9.17, 15) is 108 Å². The van der Waals surface area contributed by atoms with E-state index in [-0.39, 0.29) is 216 Å². The quantitative estimate of drug-likeness (QED) is 0.0218. The fourth-order valence-electron chi connectivity index (χ4n) is 14.6. The highest BCUT2D eigenvalue weighted by molar-refractivity contribution is 7.47. The first-order chi connectivity index (χ1) is 59.8. The van der Waals surface area contributed by atoms with Crippen molar-refractivity contribution in [3.63, 3.8) is 0 Å². The van der Waals surface area contributed by atoms with E-state index in [0.29, 0.717) is 90.0 Å². The number of rotatable bonds is 68. The molecule has 4 heterocycles. The number of unbranched alkanes of at least 4 members (excludes halogenated alkanes) is 10. The predicted molar refractivity (Wildman–Crippen MR) is 444 cm³/mol. The number of Topliss-reactive ketones (excluding diaryl/α,β-unsaturated/α-hetero) is 1. The van der Waals surface area contributed by atoms with Crippen LogP contribution < -0.4 is 47.9 Å². The summed E-state index contributed by atoms with van der Waals surface area (Å²) in [7, 11) is -3.11. The number of aliphatic hydroxyl groups excluding tert-OH is 9. The SMILES string of the molecule is COP(=O)(O)OC[C@@H]1C[C@@H](C)CN1C(=O)CCCCCCCCCCC(=O)CC(COCCC(=O)NCCCNC(=O)CCCCOC1OC(CO)C(O)C(O)C1NC(C)=O)(COCCC(=O)NCCCNC(=O)CCCCOC1OC(CO)C(O)C(O)C1NC(C)=O)COCCC(=O)NCCCNC(=O)CCCCOC1OC(CO)C(O)C(O)C1NC(C)=O. The molecule has 44 heteroatoms. The van der Waals surface area contributed by atoms with Crippen LogP contribution in [-0.2, 0) is 109 Å². The average molecular weight is 1820 g/mol. The number of likely N-dealkylation sites (tertiary alicyclic amines) is 1. The van der Waals surface area contributed by atoms with Gasteiger partial charge in [-0.05, 0) is 83.0 Å². The lowest BCUT2D eigenvalue weighted by molar-refractivity contribution is -0.270. The number of carbonyl (C=O) groups is 11. The van der Waals surface area contributed by atoms with Gasteiger partial charge in [0.2, 0.25) is 59.1 Å². The minimum atomic E-state index is -4.19. The van der Waals surface area contributed by atoms with Crippen LogP contribution in [0.1, 0.15) is 201 Å². The second kappa shape index (κ2) is 62.9. The zero-order valence-corrected chi connectivity index (χ0v) is 74.2. The molecule has 0 aromatic carbocycles. The number of nitrogens with zero attached hydrogens (tertiary/aromatic N) is 1. The maximum absolute atomic E-state index is 14.2. The van der Waals surface area contributed by atoms with Gasteiger partial charge in [-0.1, -0.05) is 45.4 Å². The van der Waals surface area contributed by atoms with Crippen LogP contribution in [0.15, 0.2) is 0 Å². The summed E-state index contributed by atoms with van der Waals surface area (Å²) in [4.78, 5) is 152. The molecule has 0 aromatic heterocycles. The van der Waals surface area contributed by atoms with Crippen molar-refractivity contribution in [1.82, 2.24) is 52.8 Å². The number of aliphatic hydroxyl groups is 9. The molecule has 0 aromatic rings. The first kappa shape index (κ1) is 111. The first-order valence-electron chi connectivity index (χ1n) is 44.0. The van der Waals surface area contributed by atoms with Crippen molar-refractivity contribution in [2.45, 2.75) is 299 Å². The Morgan fingerprint density at radius 2 is 0.712 bits per heavy atom. The number of phosphoric ester groups is 1. The van der Waals surface area contributed by atoms with E-state index < -0.39 is 143 Å². The van der Waals surface area contributed by atoms with Crippen LogP contribution in [0.3, 0.4) is 0 Å². The minimum Gasteiger partial charge on any atom is -0.394 e. The summed E-state index contributed by atoms with van der Waals surface area (Å²) in [5.41, 5.74) is -1.20. The Labute approximate surface area is 731 Å². The Bertz CT molecular complexity index is 2970. The standard InChI is InChI=1S/C81H145N10O33P/c1-53-43-57(49-121-125(112,113)114-5)91(45-53)68(105)27-13-11-9-7-6-8-10-12-23-58(98)44-81(50-115-40-28-65(102)85-34-20-31-82-62(99)24-14-17-37-118-78-69(88-54(2)95)75(109)72(106)59(46-92)122-78,51-116-41-29-66(103)86-35-21-32-83-63(100)25-15-18-38-119-79-70(89-55(3)96)76(110)73(107)60(47-93)123-79)52-117-42-30-67(104)87-36-22-33-84-64(101)26-16-19-39-120-80-71(90-56(4)97)77(111)74(108)61(48-94)124-80/h53,57,59-61,69-80,92-94,106-111H,6-52H2,1-5H3,(H,82,99)(H,83,100)(H,84,101)(H,85,102)(H,86,103)(H,87,104)(H,88,95)(H,89,96)(H,90,97)(H,112,113)/t53-,57+,59?,60?,61?,69?,70?,71?,72?,73?,74?,75?,76?,77?,78?,79?,80?,81?/m1/s1. The summed E-state index contributed by atoms with van der Waals surface area (Å²) in [6.07, 6.45) is -4.64. The summed E-state index contributed by atoms with van der Waals surface area (Å²) in [5, 5.41) is 116. The van der Waals surface area contributed by atoms with Gasteiger partial charge in [0.05, 0.1) is 72.1 Å². The second-order valence-corrected chi connectivity index (χ2v) is 33.9. The van der Waals surface area contributed by atoms with Crippen molar-refractivity contribution in [2.24, 2.45) is 11.3 Å². The number of hydrogen-bond donors (Lipinski definition) is 19. The van der Waals surface area contributed by atoms with E-state index in [4.69, 9.17) is 47.2 Å². The van der Waals surface area contributed by atoms with Gasteiger partial charge in [-0.25, -0.2) is 4.57 Å². The molecular weight excluding hydrogens is 1670 g/mol. The van der Waals surface area contributed by atoms with Crippen molar-refractivity contribution in [3.05, 3.63) is 0 Å². The highest BCUT2D eigenvalue weighted by Crippen LogP contribution is 2.43. The summed E-state index contributed by atoms with van der Waals surface area (Å²) in [5.74, 6) is -3.30. The Morgan fingerprint density at radius 3 is 1.02 bits per heavy atom. The number of hydrogen-bond acceptors (Lipinski definition) is 32. The van der Waals surface area contributed by atoms with Crippen molar-refractivity contribution in [1.29, 1.82) is 0 Å². The Hall–Kier alpha value is -6.24. The second-order valence-electron chi connectivity index (χ2n) is 32.4. The number of nitrogens with one attached hydrogen (secondary N) is 9. The summed E-state index contributed by atoms with van der Waals surface area (Å²) < 4.78 is 74.0. The van der Waals surface area contributed by atoms with Crippen LogP contribution in [0.25, 0.3) is 0 Å². The van der Waals surface area contributed by atoms with Gasteiger partial charge in [0.25, 0.3) is 0 Å². The fourth-order valence-corrected chi connectivity index (χ4v) is 15.0. The van der Waals surface area contributed by atoms with Crippen LogP contribution >= 0.6 is 7.82 Å². The minimum absolute atomic E-state index is 0.0303. The largest absolute Gasteiger partial charge is 0.471 e. The van der Waals surface area contributed by atoms with Gasteiger partial charge in [-0.3, -0.25) is 61.8 Å². The van der Waals surface area contributed by atoms with E-state index in [2.05, 4.69) is 52.4 Å². The van der Waals surface area contributed by atoms with E-state index in [0.717, 1.165) is 45.6 Å². The molecule has 10 amide bonds. The lowest BCUT2D eigenvalue weighted by atomic mass is 9.84. The highest BCUT2D eigenvalue weighted by atomic mass is 31.2. The van der Waals surface area contributed by atoms with Gasteiger partial charge in [-0.2, -0.15) is 0 Å². The van der Waals surface area contributed by atoms with E-state index in [1.54, 1.807) is 4.90 Å². The summed E-state index contributed by atoms with van der Waals surface area (Å²) >= 11 is 0.